The highest BCUT2D eigenvalue weighted by Crippen LogP contribution is 2.07. The molecule has 2 aromatic rings. The number of aromatic nitrogens is 3. The van der Waals surface area contributed by atoms with E-state index in [1.165, 1.54) is 10.6 Å². The molecule has 112 valence electrons. The van der Waals surface area contributed by atoms with Gasteiger partial charge in [0, 0.05) is 37.2 Å². The van der Waals surface area contributed by atoms with Crippen LogP contribution in [-0.4, -0.2) is 20.7 Å². The predicted molar refractivity (Wildman–Crippen MR) is 82.8 cm³/mol. The molecular weight excluding hydrogens is 268 g/mol. The Balaban J connectivity index is 2.35. The normalized spacial score (nSPS) is 10.6. The van der Waals surface area contributed by atoms with Crippen LogP contribution in [0.15, 0.2) is 40.2 Å². The second-order valence-corrected chi connectivity index (χ2v) is 4.78. The maximum absolute atomic E-state index is 12.3. The molecule has 0 fully saturated rings. The van der Waals surface area contributed by atoms with E-state index in [0.717, 1.165) is 18.7 Å². The van der Waals surface area contributed by atoms with E-state index in [2.05, 4.69) is 10.3 Å². The van der Waals surface area contributed by atoms with Crippen molar-refractivity contribution in [2.45, 2.75) is 33.4 Å². The van der Waals surface area contributed by atoms with Gasteiger partial charge in [-0.25, -0.2) is 4.79 Å². The largest absolute Gasteiger partial charge is 0.385 e. The van der Waals surface area contributed by atoms with Gasteiger partial charge in [-0.05, 0) is 25.5 Å². The lowest BCUT2D eigenvalue weighted by Gasteiger charge is -2.10. The Hall–Kier alpha value is -2.37. The first-order chi connectivity index (χ1) is 10.2. The van der Waals surface area contributed by atoms with Crippen LogP contribution in [0.4, 0.5) is 5.69 Å². The summed E-state index contributed by atoms with van der Waals surface area (Å²) in [5.74, 6) is 0. The average molecular weight is 288 g/mol. The van der Waals surface area contributed by atoms with Crippen LogP contribution in [0.5, 0.6) is 0 Å². The molecule has 0 aliphatic rings. The van der Waals surface area contributed by atoms with Crippen LogP contribution in [0.3, 0.4) is 0 Å². The third kappa shape index (κ3) is 3.59. The summed E-state index contributed by atoms with van der Waals surface area (Å²) in [6, 6.07) is 5.13. The maximum Gasteiger partial charge on any atom is 0.331 e. The van der Waals surface area contributed by atoms with Crippen LogP contribution < -0.4 is 16.6 Å². The van der Waals surface area contributed by atoms with Gasteiger partial charge in [0.2, 0.25) is 0 Å². The van der Waals surface area contributed by atoms with Crippen molar-refractivity contribution >= 4 is 5.69 Å². The fourth-order valence-electron chi connectivity index (χ4n) is 2.15. The van der Waals surface area contributed by atoms with Gasteiger partial charge in [-0.1, -0.05) is 6.92 Å². The van der Waals surface area contributed by atoms with Crippen LogP contribution in [0.2, 0.25) is 0 Å². The van der Waals surface area contributed by atoms with Crippen molar-refractivity contribution in [3.63, 3.8) is 0 Å². The second kappa shape index (κ2) is 6.88. The molecule has 6 heteroatoms. The minimum atomic E-state index is -0.303. The van der Waals surface area contributed by atoms with Gasteiger partial charge in [0.25, 0.3) is 5.56 Å². The molecule has 0 saturated heterocycles. The summed E-state index contributed by atoms with van der Waals surface area (Å²) in [5.41, 5.74) is 1.02. The Morgan fingerprint density at radius 1 is 1.24 bits per heavy atom. The summed E-state index contributed by atoms with van der Waals surface area (Å²) in [6.07, 6.45) is 4.06. The lowest BCUT2D eigenvalue weighted by molar-refractivity contribution is 0.567. The molecule has 0 aliphatic carbocycles. The number of rotatable bonds is 6. The van der Waals surface area contributed by atoms with Crippen molar-refractivity contribution in [1.29, 1.82) is 0 Å². The zero-order chi connectivity index (χ0) is 15.2. The van der Waals surface area contributed by atoms with E-state index >= 15 is 0 Å². The van der Waals surface area contributed by atoms with Crippen molar-refractivity contribution in [3.8, 4) is 0 Å². The summed E-state index contributed by atoms with van der Waals surface area (Å²) < 4.78 is 2.77. The van der Waals surface area contributed by atoms with Crippen molar-refractivity contribution in [2.75, 3.05) is 11.9 Å². The van der Waals surface area contributed by atoms with Crippen LogP contribution in [-0.2, 0) is 13.1 Å². The van der Waals surface area contributed by atoms with Gasteiger partial charge in [0.1, 0.15) is 0 Å². The lowest BCUT2D eigenvalue weighted by atomic mass is 10.3. The van der Waals surface area contributed by atoms with Crippen molar-refractivity contribution < 1.29 is 0 Å². The Morgan fingerprint density at radius 2 is 2.05 bits per heavy atom. The Bertz CT molecular complexity index is 718. The molecule has 0 aromatic carbocycles. The van der Waals surface area contributed by atoms with E-state index in [1.807, 2.05) is 26.0 Å². The smallest absolute Gasteiger partial charge is 0.331 e. The average Bonchev–Trinajstić information content (AvgIpc) is 2.47. The van der Waals surface area contributed by atoms with E-state index in [0.29, 0.717) is 12.2 Å². The summed E-state index contributed by atoms with van der Waals surface area (Å²) >= 11 is 0. The van der Waals surface area contributed by atoms with Crippen molar-refractivity contribution in [3.05, 3.63) is 57.1 Å². The highest BCUT2D eigenvalue weighted by atomic mass is 16.2. The van der Waals surface area contributed by atoms with Crippen LogP contribution in [0, 0.1) is 0 Å². The van der Waals surface area contributed by atoms with E-state index < -0.39 is 0 Å². The number of pyridine rings is 1. The fraction of sp³-hybridized carbons (Fsp3) is 0.400. The summed E-state index contributed by atoms with van der Waals surface area (Å²) in [5, 5.41) is 3.18. The molecule has 2 heterocycles. The maximum atomic E-state index is 12.3. The Labute approximate surface area is 123 Å². The molecule has 2 aromatic heterocycles. The number of hydrogen-bond donors (Lipinski definition) is 1. The zero-order valence-corrected chi connectivity index (χ0v) is 12.4. The monoisotopic (exact) mass is 288 g/mol. The Morgan fingerprint density at radius 3 is 2.76 bits per heavy atom. The van der Waals surface area contributed by atoms with Gasteiger partial charge >= 0.3 is 5.69 Å². The number of aryl methyl sites for hydroxylation is 1. The highest BCUT2D eigenvalue weighted by Gasteiger charge is 2.07. The molecule has 0 saturated carbocycles. The number of anilines is 1. The topological polar surface area (TPSA) is 68.9 Å². The van der Waals surface area contributed by atoms with Gasteiger partial charge in [-0.2, -0.15) is 0 Å². The first-order valence-corrected chi connectivity index (χ1v) is 7.14. The van der Waals surface area contributed by atoms with E-state index in [4.69, 9.17) is 0 Å². The van der Waals surface area contributed by atoms with Crippen molar-refractivity contribution in [1.82, 2.24) is 14.1 Å². The van der Waals surface area contributed by atoms with Crippen molar-refractivity contribution in [2.24, 2.45) is 0 Å². The molecule has 21 heavy (non-hydrogen) atoms. The third-order valence-electron chi connectivity index (χ3n) is 3.12. The molecule has 0 aliphatic heterocycles. The second-order valence-electron chi connectivity index (χ2n) is 4.78. The molecule has 0 bridgehead atoms. The molecule has 1 N–H and O–H groups in total. The molecular formula is C15H20N4O2. The van der Waals surface area contributed by atoms with E-state index in [9.17, 15) is 9.59 Å². The molecule has 0 amide bonds. The number of nitrogens with one attached hydrogen (secondary N) is 1. The molecule has 6 nitrogen and oxygen atoms in total. The first kappa shape index (κ1) is 15.0. The summed E-state index contributed by atoms with van der Waals surface area (Å²) in [7, 11) is 0. The summed E-state index contributed by atoms with van der Waals surface area (Å²) in [4.78, 5) is 28.4. The Kier molecular flexibility index (Phi) is 4.92. The van der Waals surface area contributed by atoms with Crippen LogP contribution in [0.1, 0.15) is 26.0 Å². The van der Waals surface area contributed by atoms with Crippen LogP contribution >= 0.6 is 0 Å². The number of hydrogen-bond acceptors (Lipinski definition) is 4. The van der Waals surface area contributed by atoms with Crippen LogP contribution in [0.25, 0.3) is 0 Å². The van der Waals surface area contributed by atoms with E-state index in [1.54, 1.807) is 17.0 Å². The SMILES string of the molecule is CCCn1ccc(=O)n(Cc2cc(NCC)ccn2)c1=O. The zero-order valence-electron chi connectivity index (χ0n) is 12.4. The van der Waals surface area contributed by atoms with Gasteiger partial charge < -0.3 is 9.88 Å². The number of nitrogens with zero attached hydrogens (tertiary/aromatic N) is 3. The predicted octanol–water partition coefficient (Wildman–Crippen LogP) is 1.30. The van der Waals surface area contributed by atoms with E-state index in [-0.39, 0.29) is 17.8 Å². The molecule has 0 spiro atoms. The molecule has 2 rings (SSSR count). The van der Waals surface area contributed by atoms with Gasteiger partial charge in [-0.3, -0.25) is 14.3 Å². The molecule has 0 atom stereocenters. The third-order valence-corrected chi connectivity index (χ3v) is 3.12. The fourth-order valence-corrected chi connectivity index (χ4v) is 2.15. The highest BCUT2D eigenvalue weighted by molar-refractivity contribution is 5.42. The van der Waals surface area contributed by atoms with Gasteiger partial charge in [0.05, 0.1) is 12.2 Å². The summed E-state index contributed by atoms with van der Waals surface area (Å²) in [6.45, 7) is 5.58. The van der Waals surface area contributed by atoms with Gasteiger partial charge in [0.15, 0.2) is 0 Å². The minimum absolute atomic E-state index is 0.182. The molecule has 0 unspecified atom stereocenters. The lowest BCUT2D eigenvalue weighted by Crippen LogP contribution is -2.39. The molecule has 0 radical (unpaired) electrons. The minimum Gasteiger partial charge on any atom is -0.385 e. The first-order valence-electron chi connectivity index (χ1n) is 7.14. The van der Waals surface area contributed by atoms with Gasteiger partial charge in [-0.15, -0.1) is 0 Å². The standard InChI is InChI=1S/C15H20N4O2/c1-3-8-18-9-6-14(20)19(15(18)21)11-13-10-12(16-4-2)5-7-17-13/h5-7,9-10H,3-4,8,11H2,1-2H3,(H,16,17). The quantitative estimate of drug-likeness (QED) is 0.870.